The highest BCUT2D eigenvalue weighted by atomic mass is 16.6. The van der Waals surface area contributed by atoms with Crippen molar-refractivity contribution in [1.82, 2.24) is 0 Å². The molecule has 0 amide bonds. The lowest BCUT2D eigenvalue weighted by Crippen LogP contribution is -2.28. The summed E-state index contributed by atoms with van der Waals surface area (Å²) in [4.78, 5) is 24.4. The monoisotopic (exact) mass is 901 g/mol. The van der Waals surface area contributed by atoms with Gasteiger partial charge in [-0.25, -0.2) is 0 Å². The summed E-state index contributed by atoms with van der Waals surface area (Å²) in [6.45, 7) is 4.01. The number of rotatable bonds is 48. The Hall–Kier alpha value is -3.44. The van der Waals surface area contributed by atoms with Gasteiger partial charge in [0.05, 0.1) is 6.61 Å². The Morgan fingerprint density at radius 3 is 1.02 bits per heavy atom. The van der Waals surface area contributed by atoms with Gasteiger partial charge in [-0.1, -0.05) is 232 Å². The molecule has 0 aliphatic carbocycles. The highest BCUT2D eigenvalue weighted by Gasteiger charge is 2.16. The van der Waals surface area contributed by atoms with Gasteiger partial charge < -0.3 is 14.6 Å². The molecule has 370 valence electrons. The molecule has 0 rings (SSSR count). The van der Waals surface area contributed by atoms with Gasteiger partial charge in [-0.3, -0.25) is 9.59 Å². The van der Waals surface area contributed by atoms with E-state index in [0.29, 0.717) is 12.8 Å². The molecule has 65 heavy (non-hydrogen) atoms. The van der Waals surface area contributed by atoms with Gasteiger partial charge in [0, 0.05) is 12.8 Å². The topological polar surface area (TPSA) is 72.8 Å². The van der Waals surface area contributed by atoms with Crippen LogP contribution in [0.5, 0.6) is 0 Å². The smallest absolute Gasteiger partial charge is 0.306 e. The van der Waals surface area contributed by atoms with Gasteiger partial charge in [0.1, 0.15) is 6.61 Å². The van der Waals surface area contributed by atoms with Crippen LogP contribution in [0.2, 0.25) is 0 Å². The number of allylic oxidation sites excluding steroid dienone is 18. The normalized spacial score (nSPS) is 13.1. The van der Waals surface area contributed by atoms with Crippen molar-refractivity contribution in [2.75, 3.05) is 13.2 Å². The lowest BCUT2D eigenvalue weighted by Gasteiger charge is -2.15. The number of carbonyl (C=O) groups is 2. The van der Waals surface area contributed by atoms with Crippen molar-refractivity contribution in [3.05, 3.63) is 109 Å². The fourth-order valence-electron chi connectivity index (χ4n) is 7.27. The van der Waals surface area contributed by atoms with Crippen LogP contribution in [0.25, 0.3) is 0 Å². The zero-order valence-electron chi connectivity index (χ0n) is 42.2. The summed E-state index contributed by atoms with van der Waals surface area (Å²) in [6.07, 6.45) is 79.0. The lowest BCUT2D eigenvalue weighted by molar-refractivity contribution is -0.161. The maximum atomic E-state index is 12.3. The van der Waals surface area contributed by atoms with Gasteiger partial charge in [0.25, 0.3) is 0 Å². The van der Waals surface area contributed by atoms with E-state index in [0.717, 1.165) is 96.3 Å². The Kier molecular flexibility index (Phi) is 52.0. The van der Waals surface area contributed by atoms with Crippen LogP contribution in [0.15, 0.2) is 109 Å². The molecule has 0 spiro atoms. The summed E-state index contributed by atoms with van der Waals surface area (Å²) in [5, 5.41) is 9.63. The number of aliphatic hydroxyl groups excluding tert-OH is 1. The Morgan fingerprint density at radius 2 is 0.662 bits per heavy atom. The molecule has 1 unspecified atom stereocenters. The van der Waals surface area contributed by atoms with Gasteiger partial charge in [0.2, 0.25) is 0 Å². The Bertz CT molecular complexity index is 1290. The number of unbranched alkanes of at least 4 members (excludes halogenated alkanes) is 22. The number of esters is 2. The maximum absolute atomic E-state index is 12.3. The van der Waals surface area contributed by atoms with E-state index in [1.807, 2.05) is 0 Å². The van der Waals surface area contributed by atoms with Crippen LogP contribution in [-0.2, 0) is 19.1 Å². The van der Waals surface area contributed by atoms with E-state index in [-0.39, 0.29) is 25.2 Å². The number of hydrogen-bond acceptors (Lipinski definition) is 5. The second-order valence-electron chi connectivity index (χ2n) is 17.6. The van der Waals surface area contributed by atoms with Crippen molar-refractivity contribution in [2.45, 2.75) is 245 Å². The van der Waals surface area contributed by atoms with Gasteiger partial charge in [-0.2, -0.15) is 0 Å². The third kappa shape index (κ3) is 53.1. The molecular formula is C60H100O5. The van der Waals surface area contributed by atoms with Crippen molar-refractivity contribution in [2.24, 2.45) is 0 Å². The first-order chi connectivity index (χ1) is 32.1. The molecular weight excluding hydrogens is 801 g/mol. The summed E-state index contributed by atoms with van der Waals surface area (Å²) in [7, 11) is 0. The minimum atomic E-state index is -0.784. The van der Waals surface area contributed by atoms with E-state index in [1.54, 1.807) is 0 Å². The first-order valence-electron chi connectivity index (χ1n) is 26.9. The predicted molar refractivity (Wildman–Crippen MR) is 283 cm³/mol. The fourth-order valence-corrected chi connectivity index (χ4v) is 7.27. The summed E-state index contributed by atoms with van der Waals surface area (Å²) in [6, 6.07) is 0. The molecule has 0 aromatic rings. The second kappa shape index (κ2) is 54.9. The first-order valence-corrected chi connectivity index (χ1v) is 26.9. The number of carbonyl (C=O) groups excluding carboxylic acids is 2. The van der Waals surface area contributed by atoms with Crippen LogP contribution in [0.4, 0.5) is 0 Å². The molecule has 0 fully saturated rings. The number of hydrogen-bond donors (Lipinski definition) is 1. The van der Waals surface area contributed by atoms with Crippen LogP contribution < -0.4 is 0 Å². The van der Waals surface area contributed by atoms with Crippen molar-refractivity contribution in [1.29, 1.82) is 0 Å². The molecule has 0 saturated carbocycles. The van der Waals surface area contributed by atoms with Crippen molar-refractivity contribution < 1.29 is 24.2 Å². The molecule has 0 aliphatic heterocycles. The highest BCUT2D eigenvalue weighted by molar-refractivity contribution is 5.70. The van der Waals surface area contributed by atoms with E-state index in [9.17, 15) is 14.7 Å². The Morgan fingerprint density at radius 1 is 0.369 bits per heavy atom. The summed E-state index contributed by atoms with van der Waals surface area (Å²) in [5.74, 6) is -0.607. The van der Waals surface area contributed by atoms with E-state index in [2.05, 4.69) is 123 Å². The third-order valence-corrected chi connectivity index (χ3v) is 11.3. The molecule has 0 aromatic heterocycles. The maximum Gasteiger partial charge on any atom is 0.306 e. The zero-order valence-corrected chi connectivity index (χ0v) is 42.2. The van der Waals surface area contributed by atoms with Crippen LogP contribution in [-0.4, -0.2) is 36.4 Å². The quantitative estimate of drug-likeness (QED) is 0.0374. The largest absolute Gasteiger partial charge is 0.462 e. The predicted octanol–water partition coefficient (Wildman–Crippen LogP) is 18.1. The van der Waals surface area contributed by atoms with Gasteiger partial charge in [-0.05, 0) is 103 Å². The minimum absolute atomic E-state index is 0.0760. The minimum Gasteiger partial charge on any atom is -0.462 e. The number of ether oxygens (including phenoxy) is 2. The van der Waals surface area contributed by atoms with E-state index >= 15 is 0 Å². The van der Waals surface area contributed by atoms with Gasteiger partial charge in [0.15, 0.2) is 6.10 Å². The summed E-state index contributed by atoms with van der Waals surface area (Å²) >= 11 is 0. The third-order valence-electron chi connectivity index (χ3n) is 11.3. The molecule has 1 N–H and O–H groups in total. The van der Waals surface area contributed by atoms with Crippen molar-refractivity contribution >= 4 is 11.9 Å². The van der Waals surface area contributed by atoms with E-state index in [1.165, 1.54) is 116 Å². The molecule has 5 nitrogen and oxygen atoms in total. The number of aliphatic hydroxyl groups is 1. The Labute approximate surface area is 401 Å². The van der Waals surface area contributed by atoms with E-state index < -0.39 is 6.10 Å². The zero-order chi connectivity index (χ0) is 47.0. The van der Waals surface area contributed by atoms with Crippen molar-refractivity contribution in [3.8, 4) is 0 Å². The second-order valence-corrected chi connectivity index (χ2v) is 17.6. The molecule has 5 heteroatoms. The highest BCUT2D eigenvalue weighted by Crippen LogP contribution is 2.14. The van der Waals surface area contributed by atoms with Crippen LogP contribution in [0, 0.1) is 0 Å². The summed E-state index contributed by atoms with van der Waals surface area (Å²) < 4.78 is 10.7. The van der Waals surface area contributed by atoms with Gasteiger partial charge >= 0.3 is 11.9 Å². The average Bonchev–Trinajstić information content (AvgIpc) is 3.31. The molecule has 1 atom stereocenters. The molecule has 0 bridgehead atoms. The molecule has 0 heterocycles. The SMILES string of the molecule is CC/C=C\C/C=C\C/C=C\C/C=C\C/C=C\C/C=C\C/C=C\C/C=C\CCCCCCCCCCCCC(=O)OC(CO)COC(=O)CCCCCCC/C=C\CCCCCCCCC. The average molecular weight is 901 g/mol. The molecule has 0 saturated heterocycles. The molecule has 0 aromatic carbocycles. The van der Waals surface area contributed by atoms with Crippen LogP contribution in [0.3, 0.4) is 0 Å². The first kappa shape index (κ1) is 61.6. The Balaban J connectivity index is 3.57. The van der Waals surface area contributed by atoms with E-state index in [4.69, 9.17) is 9.47 Å². The molecule has 0 aliphatic rings. The fraction of sp³-hybridized carbons (Fsp3) is 0.667. The van der Waals surface area contributed by atoms with Crippen LogP contribution in [0.1, 0.15) is 239 Å². The van der Waals surface area contributed by atoms with Gasteiger partial charge in [-0.15, -0.1) is 0 Å². The van der Waals surface area contributed by atoms with Crippen LogP contribution >= 0.6 is 0 Å². The standard InChI is InChI=1S/C60H100O5/c1-3-5-7-9-11-13-15-17-19-21-22-23-24-25-26-27-28-29-30-31-32-33-34-35-36-37-38-39-41-43-45-47-49-51-53-55-60(63)65-58(56-61)57-64-59(62)54-52-50-48-46-44-42-40-20-18-16-14-12-10-8-6-4-2/h5,7,11,13,17,19-20,22-23,25-26,28-29,31-32,34-35,40,58,61H,3-4,6,8-10,12,14-16,18,21,24,27,30,33,36-39,41-57H2,1-2H3/b7-5-,13-11-,19-17-,23-22-,26-25-,29-28-,32-31-,35-34-,40-20-. The summed E-state index contributed by atoms with van der Waals surface area (Å²) in [5.41, 5.74) is 0. The van der Waals surface area contributed by atoms with Crippen molar-refractivity contribution in [3.63, 3.8) is 0 Å². The molecule has 0 radical (unpaired) electrons. The lowest BCUT2D eigenvalue weighted by atomic mass is 10.0.